The summed E-state index contributed by atoms with van der Waals surface area (Å²) in [6.07, 6.45) is -1.13. The molecule has 1 saturated heterocycles. The third-order valence-corrected chi connectivity index (χ3v) is 3.19. The van der Waals surface area contributed by atoms with Crippen molar-refractivity contribution in [3.05, 3.63) is 0 Å². The standard InChI is InChI=1S/C9H17NO6S/c1-9(2,3)16-8(11)10-7(5-14-4)6-15-17(10,12)13/h7H,5-6H2,1-4H3/t7-/m0/s1/i4D3. The highest BCUT2D eigenvalue weighted by atomic mass is 32.2. The minimum Gasteiger partial charge on any atom is -0.443 e. The third-order valence-electron chi connectivity index (χ3n) is 1.83. The Hall–Kier alpha value is -0.860. The number of carbonyl (C=O) groups is 1. The number of ether oxygens (including phenoxy) is 2. The molecule has 1 aliphatic rings. The Kier molecular flexibility index (Phi) is 2.85. The lowest BCUT2D eigenvalue weighted by atomic mass is 10.2. The highest BCUT2D eigenvalue weighted by molar-refractivity contribution is 7.85. The molecule has 0 N–H and O–H groups in total. The van der Waals surface area contributed by atoms with Gasteiger partial charge in [-0.25, -0.2) is 4.79 Å². The maximum absolute atomic E-state index is 11.9. The molecule has 0 aromatic rings. The first kappa shape index (κ1) is 10.1. The first-order valence-corrected chi connectivity index (χ1v) is 6.24. The van der Waals surface area contributed by atoms with Crippen LogP contribution in [0.4, 0.5) is 4.79 Å². The summed E-state index contributed by atoms with van der Waals surface area (Å²) in [5, 5.41) is 0. The summed E-state index contributed by atoms with van der Waals surface area (Å²) in [5.74, 6) is 0. The van der Waals surface area contributed by atoms with E-state index < -0.39 is 41.7 Å². The van der Waals surface area contributed by atoms with E-state index in [2.05, 4.69) is 8.92 Å². The number of carbonyl (C=O) groups excluding carboxylic acids is 1. The summed E-state index contributed by atoms with van der Waals surface area (Å²) >= 11 is 0. The fourth-order valence-electron chi connectivity index (χ4n) is 1.23. The van der Waals surface area contributed by atoms with Crippen molar-refractivity contribution in [1.82, 2.24) is 4.31 Å². The Labute approximate surface area is 105 Å². The minimum atomic E-state index is -4.28. The van der Waals surface area contributed by atoms with Crippen LogP contribution < -0.4 is 0 Å². The number of hydrogen-bond acceptors (Lipinski definition) is 6. The Morgan fingerprint density at radius 3 is 2.76 bits per heavy atom. The van der Waals surface area contributed by atoms with Gasteiger partial charge in [-0.3, -0.25) is 4.18 Å². The molecule has 8 heteroatoms. The predicted molar refractivity (Wildman–Crippen MR) is 58.6 cm³/mol. The molecular formula is C9H17NO6S. The number of methoxy groups -OCH3 is 1. The summed E-state index contributed by atoms with van der Waals surface area (Å²) in [4.78, 5) is 11.9. The fraction of sp³-hybridized carbons (Fsp3) is 0.889. The van der Waals surface area contributed by atoms with Gasteiger partial charge >= 0.3 is 16.4 Å². The van der Waals surface area contributed by atoms with Crippen LogP contribution >= 0.6 is 0 Å². The maximum atomic E-state index is 11.9. The second-order valence-corrected chi connectivity index (χ2v) is 5.97. The summed E-state index contributed by atoms with van der Waals surface area (Å²) in [6, 6.07) is -1.07. The van der Waals surface area contributed by atoms with Crippen molar-refractivity contribution in [1.29, 1.82) is 0 Å². The molecule has 0 spiro atoms. The molecule has 0 aromatic heterocycles. The molecule has 7 nitrogen and oxygen atoms in total. The highest BCUT2D eigenvalue weighted by Gasteiger charge is 2.44. The summed E-state index contributed by atoms with van der Waals surface area (Å²) in [6.45, 7) is 3.83. The zero-order chi connectivity index (χ0) is 15.8. The summed E-state index contributed by atoms with van der Waals surface area (Å²) < 4.78 is 58.3. The van der Waals surface area contributed by atoms with Gasteiger partial charge in [-0.05, 0) is 20.8 Å². The van der Waals surface area contributed by atoms with Crippen LogP contribution in [0.1, 0.15) is 24.9 Å². The molecule has 1 amide bonds. The van der Waals surface area contributed by atoms with E-state index in [1.165, 1.54) is 0 Å². The molecule has 1 fully saturated rings. The molecule has 1 aliphatic heterocycles. The highest BCUT2D eigenvalue weighted by Crippen LogP contribution is 2.22. The van der Waals surface area contributed by atoms with E-state index in [1.807, 2.05) is 0 Å². The average Bonchev–Trinajstić information content (AvgIpc) is 2.46. The van der Waals surface area contributed by atoms with Crippen LogP contribution in [0.3, 0.4) is 0 Å². The van der Waals surface area contributed by atoms with Crippen LogP contribution in [0, 0.1) is 0 Å². The molecule has 1 heterocycles. The Morgan fingerprint density at radius 1 is 1.59 bits per heavy atom. The van der Waals surface area contributed by atoms with Crippen LogP contribution in [0.2, 0.25) is 0 Å². The van der Waals surface area contributed by atoms with E-state index in [0.717, 1.165) is 0 Å². The Bertz CT molecular complexity index is 469. The molecule has 17 heavy (non-hydrogen) atoms. The lowest BCUT2D eigenvalue weighted by Gasteiger charge is -2.25. The smallest absolute Gasteiger partial charge is 0.426 e. The number of amides is 1. The van der Waals surface area contributed by atoms with Gasteiger partial charge in [-0.2, -0.15) is 12.7 Å². The first-order valence-electron chi connectivity index (χ1n) is 6.37. The molecule has 0 aliphatic carbocycles. The van der Waals surface area contributed by atoms with E-state index in [-0.39, 0.29) is 6.61 Å². The fourth-order valence-corrected chi connectivity index (χ4v) is 2.38. The van der Waals surface area contributed by atoms with Crippen molar-refractivity contribution >= 4 is 16.4 Å². The molecular weight excluding hydrogens is 250 g/mol. The molecule has 0 aromatic carbocycles. The van der Waals surface area contributed by atoms with Gasteiger partial charge in [0.05, 0.1) is 17.3 Å². The largest absolute Gasteiger partial charge is 0.443 e. The van der Waals surface area contributed by atoms with Crippen molar-refractivity contribution in [2.24, 2.45) is 0 Å². The zero-order valence-electron chi connectivity index (χ0n) is 12.8. The SMILES string of the molecule is [2H]C([2H])([2H])OC[C@H]1COS(=O)(=O)N1C(=O)OC(C)(C)C. The van der Waals surface area contributed by atoms with Crippen molar-refractivity contribution in [3.63, 3.8) is 0 Å². The molecule has 0 radical (unpaired) electrons. The van der Waals surface area contributed by atoms with Gasteiger partial charge in [-0.1, -0.05) is 0 Å². The molecule has 1 atom stereocenters. The average molecular weight is 270 g/mol. The van der Waals surface area contributed by atoms with Crippen LogP contribution in [0.15, 0.2) is 0 Å². The summed E-state index contributed by atoms with van der Waals surface area (Å²) in [5.41, 5.74) is -0.898. The second kappa shape index (κ2) is 4.79. The lowest BCUT2D eigenvalue weighted by Crippen LogP contribution is -2.44. The van der Waals surface area contributed by atoms with Crippen LogP contribution in [0.25, 0.3) is 0 Å². The molecule has 1 rings (SSSR count). The van der Waals surface area contributed by atoms with Gasteiger partial charge in [0.15, 0.2) is 0 Å². The van der Waals surface area contributed by atoms with Crippen LogP contribution in [-0.4, -0.2) is 50.7 Å². The van der Waals surface area contributed by atoms with E-state index in [4.69, 9.17) is 8.85 Å². The zero-order valence-corrected chi connectivity index (χ0v) is 10.6. The Balaban J connectivity index is 2.83. The monoisotopic (exact) mass is 270 g/mol. The normalized spacial score (nSPS) is 27.1. The van der Waals surface area contributed by atoms with Crippen molar-refractivity contribution in [2.45, 2.75) is 32.4 Å². The topological polar surface area (TPSA) is 82.1 Å². The quantitative estimate of drug-likeness (QED) is 0.727. The van der Waals surface area contributed by atoms with E-state index in [1.54, 1.807) is 20.8 Å². The third kappa shape index (κ3) is 3.55. The van der Waals surface area contributed by atoms with Gasteiger partial charge in [0.25, 0.3) is 0 Å². The maximum Gasteiger partial charge on any atom is 0.426 e. The van der Waals surface area contributed by atoms with Gasteiger partial charge in [0.1, 0.15) is 11.6 Å². The van der Waals surface area contributed by atoms with Gasteiger partial charge < -0.3 is 9.47 Å². The Morgan fingerprint density at radius 2 is 2.24 bits per heavy atom. The van der Waals surface area contributed by atoms with Gasteiger partial charge in [0.2, 0.25) is 0 Å². The van der Waals surface area contributed by atoms with Crippen LogP contribution in [-0.2, 0) is 24.0 Å². The van der Waals surface area contributed by atoms with Crippen LogP contribution in [0.5, 0.6) is 0 Å². The number of hydrogen-bond donors (Lipinski definition) is 0. The first-order chi connectivity index (χ1) is 8.82. The van der Waals surface area contributed by atoms with Gasteiger partial charge in [-0.15, -0.1) is 0 Å². The van der Waals surface area contributed by atoms with Crippen molar-refractivity contribution in [2.75, 3.05) is 20.3 Å². The predicted octanol–water partition coefficient (Wildman–Crippen LogP) is 0.513. The second-order valence-electron chi connectivity index (χ2n) is 4.48. The molecule has 0 saturated carbocycles. The number of rotatable bonds is 2. The minimum absolute atomic E-state index is 0.365. The molecule has 0 bridgehead atoms. The molecule has 100 valence electrons. The lowest BCUT2D eigenvalue weighted by molar-refractivity contribution is 0.0295. The van der Waals surface area contributed by atoms with Crippen molar-refractivity contribution in [3.8, 4) is 0 Å². The molecule has 0 unspecified atom stereocenters. The number of nitrogens with zero attached hydrogens (tertiary/aromatic N) is 1. The van der Waals surface area contributed by atoms with E-state index in [9.17, 15) is 13.2 Å². The van der Waals surface area contributed by atoms with E-state index >= 15 is 0 Å². The summed E-state index contributed by atoms with van der Waals surface area (Å²) in [7, 11) is -6.97. The van der Waals surface area contributed by atoms with Crippen molar-refractivity contribution < 1.29 is 31.0 Å². The van der Waals surface area contributed by atoms with Gasteiger partial charge in [0, 0.05) is 7.04 Å². The van der Waals surface area contributed by atoms with E-state index in [0.29, 0.717) is 4.31 Å².